The van der Waals surface area contributed by atoms with Gasteiger partial charge in [0, 0.05) is 23.1 Å². The molecule has 0 radical (unpaired) electrons. The molecule has 1 unspecified atom stereocenters. The Morgan fingerprint density at radius 1 is 1.38 bits per heavy atom. The molecular weight excluding hydrogens is 260 g/mol. The molecule has 3 nitrogen and oxygen atoms in total. The van der Waals surface area contributed by atoms with Gasteiger partial charge in [-0.3, -0.25) is 0 Å². The number of aromatic nitrogens is 1. The third kappa shape index (κ3) is 3.48. The van der Waals surface area contributed by atoms with Gasteiger partial charge in [-0.05, 0) is 49.6 Å². The quantitative estimate of drug-likeness (QED) is 0.703. The van der Waals surface area contributed by atoms with Crippen LogP contribution in [-0.4, -0.2) is 23.2 Å². The number of H-pyrrole nitrogens is 1. The number of aromatic hydroxyl groups is 1. The van der Waals surface area contributed by atoms with Gasteiger partial charge in [0.1, 0.15) is 5.75 Å². The Labute approximate surface area is 127 Å². The number of nitrogens with one attached hydrogen (secondary N) is 2. The lowest BCUT2D eigenvalue weighted by Gasteiger charge is -2.23. The first-order chi connectivity index (χ1) is 10.1. The number of phenols is 1. The first kappa shape index (κ1) is 15.6. The third-order valence-corrected chi connectivity index (χ3v) is 4.03. The summed E-state index contributed by atoms with van der Waals surface area (Å²) in [6, 6.07) is 5.81. The first-order valence-electron chi connectivity index (χ1n) is 7.73. The Morgan fingerprint density at radius 2 is 2.14 bits per heavy atom. The lowest BCUT2D eigenvalue weighted by Crippen LogP contribution is -2.31. The van der Waals surface area contributed by atoms with Crippen LogP contribution in [-0.2, 0) is 6.42 Å². The van der Waals surface area contributed by atoms with Crippen molar-refractivity contribution in [3.8, 4) is 5.75 Å². The van der Waals surface area contributed by atoms with Crippen molar-refractivity contribution in [2.45, 2.75) is 39.7 Å². The van der Waals surface area contributed by atoms with Gasteiger partial charge in [-0.2, -0.15) is 0 Å². The number of benzene rings is 1. The molecule has 1 atom stereocenters. The average Bonchev–Trinajstić information content (AvgIpc) is 2.84. The predicted molar refractivity (Wildman–Crippen MR) is 89.7 cm³/mol. The molecule has 2 aromatic rings. The van der Waals surface area contributed by atoms with E-state index < -0.39 is 0 Å². The van der Waals surface area contributed by atoms with Crippen LogP contribution in [0.1, 0.15) is 32.8 Å². The van der Waals surface area contributed by atoms with Gasteiger partial charge in [0.25, 0.3) is 0 Å². The second-order valence-corrected chi connectivity index (χ2v) is 5.86. The maximum absolute atomic E-state index is 9.71. The van der Waals surface area contributed by atoms with E-state index in [-0.39, 0.29) is 0 Å². The summed E-state index contributed by atoms with van der Waals surface area (Å²) in [5.74, 6) is 0.846. The molecule has 0 aliphatic rings. The van der Waals surface area contributed by atoms with E-state index in [9.17, 15) is 5.11 Å². The second kappa shape index (κ2) is 6.81. The standard InChI is InChI=1S/C18H26N2O/c1-5-6-15(12(2)3)18(19-4)9-13-11-20-17-8-7-14(21)10-16(13)17/h6-8,10-12,18-21H,5,9H2,1-4H3. The van der Waals surface area contributed by atoms with E-state index >= 15 is 0 Å². The van der Waals surface area contributed by atoms with E-state index in [0.29, 0.717) is 17.7 Å². The van der Waals surface area contributed by atoms with Crippen molar-refractivity contribution in [2.24, 2.45) is 5.92 Å². The van der Waals surface area contributed by atoms with Crippen molar-refractivity contribution in [1.29, 1.82) is 0 Å². The molecule has 0 fully saturated rings. The highest BCUT2D eigenvalue weighted by Gasteiger charge is 2.17. The highest BCUT2D eigenvalue weighted by molar-refractivity contribution is 5.84. The highest BCUT2D eigenvalue weighted by Crippen LogP contribution is 2.26. The van der Waals surface area contributed by atoms with Gasteiger partial charge in [0.05, 0.1) is 0 Å². The van der Waals surface area contributed by atoms with Crippen molar-refractivity contribution in [1.82, 2.24) is 10.3 Å². The molecule has 0 aliphatic carbocycles. The van der Waals surface area contributed by atoms with Crippen molar-refractivity contribution in [3.63, 3.8) is 0 Å². The number of likely N-dealkylation sites (N-methyl/N-ethyl adjacent to an activating group) is 1. The van der Waals surface area contributed by atoms with Gasteiger partial charge in [-0.25, -0.2) is 0 Å². The molecule has 1 aromatic heterocycles. The van der Waals surface area contributed by atoms with Crippen LogP contribution < -0.4 is 5.32 Å². The average molecular weight is 286 g/mol. The van der Waals surface area contributed by atoms with Crippen molar-refractivity contribution >= 4 is 10.9 Å². The minimum atomic E-state index is 0.317. The number of aromatic amines is 1. The molecule has 21 heavy (non-hydrogen) atoms. The number of hydrogen-bond donors (Lipinski definition) is 3. The molecule has 1 heterocycles. The SMILES string of the molecule is CCC=C(C(C)C)C(Cc1c[nH]c2ccc(O)cc12)NC. The first-order valence-corrected chi connectivity index (χ1v) is 7.73. The summed E-state index contributed by atoms with van der Waals surface area (Å²) < 4.78 is 0. The molecule has 0 saturated heterocycles. The number of rotatable bonds is 6. The Hall–Kier alpha value is -1.74. The van der Waals surface area contributed by atoms with Crippen molar-refractivity contribution < 1.29 is 5.11 Å². The Kier molecular flexibility index (Phi) is 5.07. The largest absolute Gasteiger partial charge is 0.508 e. The number of phenolic OH excluding ortho intramolecular Hbond substituents is 1. The van der Waals surface area contributed by atoms with E-state index in [4.69, 9.17) is 0 Å². The number of hydrogen-bond acceptors (Lipinski definition) is 2. The van der Waals surface area contributed by atoms with E-state index in [1.165, 1.54) is 11.1 Å². The van der Waals surface area contributed by atoms with E-state index in [0.717, 1.165) is 23.7 Å². The fraction of sp³-hybridized carbons (Fsp3) is 0.444. The van der Waals surface area contributed by atoms with Gasteiger partial charge in [-0.15, -0.1) is 0 Å². The van der Waals surface area contributed by atoms with E-state index in [1.54, 1.807) is 6.07 Å². The Morgan fingerprint density at radius 3 is 2.76 bits per heavy atom. The monoisotopic (exact) mass is 286 g/mol. The van der Waals surface area contributed by atoms with E-state index in [2.05, 4.69) is 43.3 Å². The molecule has 0 spiro atoms. The van der Waals surface area contributed by atoms with Gasteiger partial charge in [-0.1, -0.05) is 32.4 Å². The number of fused-ring (bicyclic) bond motifs is 1. The van der Waals surface area contributed by atoms with Crippen LogP contribution >= 0.6 is 0 Å². The molecule has 3 N–H and O–H groups in total. The Balaban J connectivity index is 2.32. The predicted octanol–water partition coefficient (Wildman–Crippen LogP) is 4.00. The molecular formula is C18H26N2O. The number of allylic oxidation sites excluding steroid dienone is 1. The normalized spacial score (nSPS) is 14.0. The fourth-order valence-electron chi connectivity index (χ4n) is 2.96. The van der Waals surface area contributed by atoms with Crippen LogP contribution in [0.2, 0.25) is 0 Å². The molecule has 0 aliphatic heterocycles. The van der Waals surface area contributed by atoms with Crippen LogP contribution in [0.3, 0.4) is 0 Å². The summed E-state index contributed by atoms with van der Waals surface area (Å²) in [7, 11) is 2.02. The lowest BCUT2D eigenvalue weighted by atomic mass is 9.90. The maximum atomic E-state index is 9.71. The van der Waals surface area contributed by atoms with Gasteiger partial charge in [0.2, 0.25) is 0 Å². The van der Waals surface area contributed by atoms with Gasteiger partial charge in [0.15, 0.2) is 0 Å². The highest BCUT2D eigenvalue weighted by atomic mass is 16.3. The molecule has 114 valence electrons. The smallest absolute Gasteiger partial charge is 0.116 e. The summed E-state index contributed by atoms with van der Waals surface area (Å²) >= 11 is 0. The lowest BCUT2D eigenvalue weighted by molar-refractivity contribution is 0.476. The van der Waals surface area contributed by atoms with Crippen LogP contribution in [0.15, 0.2) is 36.0 Å². The van der Waals surface area contributed by atoms with Crippen LogP contribution in [0.4, 0.5) is 0 Å². The molecule has 0 bridgehead atoms. The summed E-state index contributed by atoms with van der Waals surface area (Å²) in [5.41, 5.74) is 3.76. The topological polar surface area (TPSA) is 48.0 Å². The molecule has 3 heteroatoms. The van der Waals surface area contributed by atoms with E-state index in [1.807, 2.05) is 19.2 Å². The summed E-state index contributed by atoms with van der Waals surface area (Å²) in [5, 5.41) is 14.3. The zero-order valence-electron chi connectivity index (χ0n) is 13.4. The van der Waals surface area contributed by atoms with Gasteiger partial charge < -0.3 is 15.4 Å². The van der Waals surface area contributed by atoms with Crippen molar-refractivity contribution in [3.05, 3.63) is 41.6 Å². The summed E-state index contributed by atoms with van der Waals surface area (Å²) in [6.07, 6.45) is 6.36. The molecule has 0 amide bonds. The zero-order valence-corrected chi connectivity index (χ0v) is 13.4. The maximum Gasteiger partial charge on any atom is 0.116 e. The van der Waals surface area contributed by atoms with Gasteiger partial charge >= 0.3 is 0 Å². The zero-order chi connectivity index (χ0) is 15.4. The van der Waals surface area contributed by atoms with Crippen molar-refractivity contribution in [2.75, 3.05) is 7.05 Å². The van der Waals surface area contributed by atoms with Crippen LogP contribution in [0, 0.1) is 5.92 Å². The Bertz CT molecular complexity index is 625. The molecule has 0 saturated carbocycles. The van der Waals surface area contributed by atoms with Crippen LogP contribution in [0.5, 0.6) is 5.75 Å². The molecule has 2 rings (SSSR count). The summed E-state index contributed by atoms with van der Waals surface area (Å²) in [6.45, 7) is 6.67. The fourth-order valence-corrected chi connectivity index (χ4v) is 2.96. The summed E-state index contributed by atoms with van der Waals surface area (Å²) in [4.78, 5) is 3.29. The van der Waals surface area contributed by atoms with Crippen LogP contribution in [0.25, 0.3) is 10.9 Å². The molecule has 1 aromatic carbocycles. The third-order valence-electron chi connectivity index (χ3n) is 4.03. The minimum absolute atomic E-state index is 0.317. The second-order valence-electron chi connectivity index (χ2n) is 5.86. The minimum Gasteiger partial charge on any atom is -0.508 e.